The van der Waals surface area contributed by atoms with E-state index in [0.717, 1.165) is 51.4 Å². The molecular formula is C21H29N5O3. The van der Waals surface area contributed by atoms with Crippen molar-refractivity contribution in [3.8, 4) is 0 Å². The summed E-state index contributed by atoms with van der Waals surface area (Å²) >= 11 is 0. The van der Waals surface area contributed by atoms with Crippen LogP contribution in [0.15, 0.2) is 43.0 Å². The molecule has 2 aliphatic rings. The van der Waals surface area contributed by atoms with E-state index in [4.69, 9.17) is 9.47 Å². The molecule has 1 amide bonds. The molecule has 4 heterocycles. The van der Waals surface area contributed by atoms with E-state index in [1.807, 2.05) is 40.2 Å². The number of aromatic nitrogens is 3. The summed E-state index contributed by atoms with van der Waals surface area (Å²) in [6, 6.07) is 5.76. The molecule has 2 atom stereocenters. The second-order valence-electron chi connectivity index (χ2n) is 7.51. The second-order valence-corrected chi connectivity index (χ2v) is 7.51. The van der Waals surface area contributed by atoms with Gasteiger partial charge in [-0.2, -0.15) is 5.10 Å². The molecule has 0 radical (unpaired) electrons. The third kappa shape index (κ3) is 5.20. The van der Waals surface area contributed by atoms with Crippen molar-refractivity contribution < 1.29 is 14.3 Å². The van der Waals surface area contributed by atoms with Crippen LogP contribution >= 0.6 is 0 Å². The minimum atomic E-state index is -0.113. The quantitative estimate of drug-likeness (QED) is 0.700. The van der Waals surface area contributed by atoms with Crippen LogP contribution in [0.25, 0.3) is 0 Å². The third-order valence-electron chi connectivity index (χ3n) is 5.58. The minimum Gasteiger partial charge on any atom is -0.379 e. The number of pyridine rings is 1. The number of hydrogen-bond acceptors (Lipinski definition) is 6. The first-order valence-electron chi connectivity index (χ1n) is 10.4. The van der Waals surface area contributed by atoms with Gasteiger partial charge in [0.1, 0.15) is 0 Å². The maximum Gasteiger partial charge on any atom is 0.223 e. The van der Waals surface area contributed by atoms with Crippen LogP contribution in [-0.4, -0.2) is 82.6 Å². The average Bonchev–Trinajstić information content (AvgIpc) is 3.28. The van der Waals surface area contributed by atoms with Gasteiger partial charge in [0.25, 0.3) is 0 Å². The van der Waals surface area contributed by atoms with E-state index in [2.05, 4.69) is 15.0 Å². The lowest BCUT2D eigenvalue weighted by molar-refractivity contribution is -0.149. The van der Waals surface area contributed by atoms with Gasteiger partial charge in [-0.1, -0.05) is 6.07 Å². The van der Waals surface area contributed by atoms with Crippen molar-refractivity contribution >= 4 is 5.91 Å². The summed E-state index contributed by atoms with van der Waals surface area (Å²) in [7, 11) is 0. The van der Waals surface area contributed by atoms with Gasteiger partial charge in [0.2, 0.25) is 5.91 Å². The predicted octanol–water partition coefficient (Wildman–Crippen LogP) is 1.36. The lowest BCUT2D eigenvalue weighted by Crippen LogP contribution is -2.53. The predicted molar refractivity (Wildman–Crippen MR) is 107 cm³/mol. The zero-order chi connectivity index (χ0) is 19.9. The van der Waals surface area contributed by atoms with E-state index < -0.39 is 0 Å². The van der Waals surface area contributed by atoms with E-state index in [1.165, 1.54) is 0 Å². The third-order valence-corrected chi connectivity index (χ3v) is 5.58. The van der Waals surface area contributed by atoms with Crippen molar-refractivity contribution in [2.45, 2.75) is 31.5 Å². The summed E-state index contributed by atoms with van der Waals surface area (Å²) in [6.07, 6.45) is 8.51. The number of carbonyl (C=O) groups excluding carboxylic acids is 1. The smallest absolute Gasteiger partial charge is 0.223 e. The fourth-order valence-electron chi connectivity index (χ4n) is 4.12. The van der Waals surface area contributed by atoms with Gasteiger partial charge in [-0.3, -0.25) is 19.4 Å². The van der Waals surface area contributed by atoms with E-state index in [1.54, 1.807) is 12.4 Å². The Balaban J connectivity index is 1.45. The van der Waals surface area contributed by atoms with Crippen LogP contribution in [0, 0.1) is 0 Å². The number of rotatable bonds is 7. The Morgan fingerprint density at radius 1 is 1.14 bits per heavy atom. The van der Waals surface area contributed by atoms with Crippen molar-refractivity contribution in [2.24, 2.45) is 0 Å². The summed E-state index contributed by atoms with van der Waals surface area (Å²) < 4.78 is 13.5. The van der Waals surface area contributed by atoms with E-state index in [-0.39, 0.29) is 18.1 Å². The molecule has 4 rings (SSSR count). The maximum atomic E-state index is 13.1. The molecule has 0 bridgehead atoms. The van der Waals surface area contributed by atoms with Crippen LogP contribution in [0.5, 0.6) is 0 Å². The molecule has 0 N–H and O–H groups in total. The molecule has 2 aliphatic heterocycles. The SMILES string of the molecule is O=C(CCCn1cccn1)N1CCO[C@@H](CN2CCOCC2)[C@@H]1c1cccnc1. The van der Waals surface area contributed by atoms with Gasteiger partial charge in [-0.25, -0.2) is 0 Å². The highest BCUT2D eigenvalue weighted by atomic mass is 16.5. The summed E-state index contributed by atoms with van der Waals surface area (Å²) in [5, 5.41) is 4.21. The Morgan fingerprint density at radius 3 is 2.79 bits per heavy atom. The Bertz CT molecular complexity index is 749. The van der Waals surface area contributed by atoms with Gasteiger partial charge in [-0.05, 0) is 24.1 Å². The van der Waals surface area contributed by atoms with E-state index in [9.17, 15) is 4.79 Å². The Kier molecular flexibility index (Phi) is 6.87. The van der Waals surface area contributed by atoms with Crippen molar-refractivity contribution in [3.05, 3.63) is 48.5 Å². The number of hydrogen-bond donors (Lipinski definition) is 0. The fraction of sp³-hybridized carbons (Fsp3) is 0.571. The monoisotopic (exact) mass is 399 g/mol. The number of amides is 1. The topological polar surface area (TPSA) is 72.7 Å². The number of ether oxygens (including phenoxy) is 2. The lowest BCUT2D eigenvalue weighted by Gasteiger charge is -2.43. The highest BCUT2D eigenvalue weighted by Crippen LogP contribution is 2.30. The summed E-state index contributed by atoms with van der Waals surface area (Å²) in [6.45, 7) is 6.02. The van der Waals surface area contributed by atoms with Gasteiger partial charge in [0.05, 0.1) is 32.0 Å². The van der Waals surface area contributed by atoms with E-state index >= 15 is 0 Å². The Morgan fingerprint density at radius 2 is 2.03 bits per heavy atom. The fourth-order valence-corrected chi connectivity index (χ4v) is 4.12. The molecule has 2 aromatic heterocycles. The molecular weight excluding hydrogens is 370 g/mol. The molecule has 156 valence electrons. The molecule has 0 aliphatic carbocycles. The molecule has 0 aromatic carbocycles. The van der Waals surface area contributed by atoms with Gasteiger partial charge in [0, 0.05) is 63.9 Å². The highest BCUT2D eigenvalue weighted by molar-refractivity contribution is 5.77. The molecule has 8 heteroatoms. The molecule has 0 saturated carbocycles. The average molecular weight is 399 g/mol. The van der Waals surface area contributed by atoms with Gasteiger partial charge >= 0.3 is 0 Å². The Hall–Kier alpha value is -2.29. The van der Waals surface area contributed by atoms with Gasteiger partial charge in [-0.15, -0.1) is 0 Å². The molecule has 8 nitrogen and oxygen atoms in total. The Labute approximate surface area is 171 Å². The van der Waals surface area contributed by atoms with Crippen LogP contribution in [0.1, 0.15) is 24.4 Å². The largest absolute Gasteiger partial charge is 0.379 e. The zero-order valence-corrected chi connectivity index (χ0v) is 16.7. The van der Waals surface area contributed by atoms with Crippen LogP contribution in [0.2, 0.25) is 0 Å². The molecule has 2 fully saturated rings. The van der Waals surface area contributed by atoms with Crippen molar-refractivity contribution in [1.29, 1.82) is 0 Å². The van der Waals surface area contributed by atoms with Crippen molar-refractivity contribution in [3.63, 3.8) is 0 Å². The first-order chi connectivity index (χ1) is 14.3. The normalized spacial score (nSPS) is 23.2. The molecule has 0 unspecified atom stereocenters. The highest BCUT2D eigenvalue weighted by Gasteiger charge is 2.37. The van der Waals surface area contributed by atoms with E-state index in [0.29, 0.717) is 19.6 Å². The first-order valence-corrected chi connectivity index (χ1v) is 10.4. The van der Waals surface area contributed by atoms with Gasteiger partial charge < -0.3 is 14.4 Å². The van der Waals surface area contributed by atoms with Crippen LogP contribution in [0.3, 0.4) is 0 Å². The molecule has 29 heavy (non-hydrogen) atoms. The number of nitrogens with zero attached hydrogens (tertiary/aromatic N) is 5. The second kappa shape index (κ2) is 9.96. The lowest BCUT2D eigenvalue weighted by atomic mass is 9.98. The zero-order valence-electron chi connectivity index (χ0n) is 16.7. The van der Waals surface area contributed by atoms with Crippen molar-refractivity contribution in [2.75, 3.05) is 46.0 Å². The van der Waals surface area contributed by atoms with Gasteiger partial charge in [0.15, 0.2) is 0 Å². The van der Waals surface area contributed by atoms with Crippen LogP contribution in [0.4, 0.5) is 0 Å². The summed E-state index contributed by atoms with van der Waals surface area (Å²) in [5.74, 6) is 0.168. The minimum absolute atomic E-state index is 0.0684. The maximum absolute atomic E-state index is 13.1. The number of morpholine rings is 2. The molecule has 2 aromatic rings. The molecule has 0 spiro atoms. The summed E-state index contributed by atoms with van der Waals surface area (Å²) in [4.78, 5) is 21.8. The number of aryl methyl sites for hydroxylation is 1. The van der Waals surface area contributed by atoms with Crippen LogP contribution in [-0.2, 0) is 20.8 Å². The molecule has 2 saturated heterocycles. The van der Waals surface area contributed by atoms with Crippen molar-refractivity contribution in [1.82, 2.24) is 24.6 Å². The number of carbonyl (C=O) groups is 1. The summed E-state index contributed by atoms with van der Waals surface area (Å²) in [5.41, 5.74) is 1.03. The first kappa shape index (κ1) is 20.0. The standard InChI is InChI=1S/C21H29N5O3/c27-20(5-2-8-25-9-3-7-23-25)26-12-15-29-19(17-24-10-13-28-14-11-24)21(26)18-4-1-6-22-16-18/h1,3-4,6-7,9,16,19,21H,2,5,8,10-15,17H2/t19-,21-/m0/s1. The van der Waals surface area contributed by atoms with Crippen LogP contribution < -0.4 is 0 Å².